The Morgan fingerprint density at radius 3 is 2.88 bits per heavy atom. The monoisotopic (exact) mass is 350 g/mol. The molecule has 4 rings (SSSR count). The quantitative estimate of drug-likeness (QED) is 0.672. The lowest BCUT2D eigenvalue weighted by molar-refractivity contribution is -0.136. The summed E-state index contributed by atoms with van der Waals surface area (Å²) in [5, 5.41) is 5.49. The Hall–Kier alpha value is -3.17. The van der Waals surface area contributed by atoms with Gasteiger partial charge in [0.25, 0.3) is 0 Å². The first-order valence-corrected chi connectivity index (χ1v) is 7.19. The summed E-state index contributed by atoms with van der Waals surface area (Å²) >= 11 is 0. The van der Waals surface area contributed by atoms with Crippen LogP contribution >= 0.6 is 0 Å². The van der Waals surface area contributed by atoms with Crippen LogP contribution in [0.25, 0.3) is 11.0 Å². The van der Waals surface area contributed by atoms with Crippen LogP contribution in [0.3, 0.4) is 0 Å². The number of alkyl halides is 3. The molecular formula is C15H11F3N5O2. The molecule has 1 aliphatic heterocycles. The van der Waals surface area contributed by atoms with Crippen molar-refractivity contribution in [2.45, 2.75) is 6.18 Å². The summed E-state index contributed by atoms with van der Waals surface area (Å²) in [6.45, 7) is 0.0672. The summed E-state index contributed by atoms with van der Waals surface area (Å²) in [6, 6.07) is 6.18. The molecule has 0 unspecified atom stereocenters. The van der Waals surface area contributed by atoms with Crippen LogP contribution in [0.15, 0.2) is 18.3 Å². The summed E-state index contributed by atoms with van der Waals surface area (Å²) in [6.07, 6.45) is -3.64. The first-order valence-electron chi connectivity index (χ1n) is 7.19. The van der Waals surface area contributed by atoms with Crippen LogP contribution in [-0.4, -0.2) is 28.8 Å². The highest BCUT2D eigenvalue weighted by atomic mass is 19.4. The van der Waals surface area contributed by atoms with Crippen molar-refractivity contribution in [3.05, 3.63) is 30.0 Å². The van der Waals surface area contributed by atoms with Crippen LogP contribution in [0.2, 0.25) is 0 Å². The number of halogens is 3. The lowest BCUT2D eigenvalue weighted by Gasteiger charge is -2.11. The fourth-order valence-corrected chi connectivity index (χ4v) is 2.57. The van der Waals surface area contributed by atoms with Crippen molar-refractivity contribution in [1.29, 1.82) is 0 Å². The van der Waals surface area contributed by atoms with Gasteiger partial charge < -0.3 is 25.1 Å². The number of fused-ring (bicyclic) bond motifs is 2. The Kier molecular flexibility index (Phi) is 3.34. The third-order valence-corrected chi connectivity index (χ3v) is 3.64. The van der Waals surface area contributed by atoms with Gasteiger partial charge in [-0.2, -0.15) is 23.1 Å². The lowest BCUT2D eigenvalue weighted by Crippen LogP contribution is -2.07. The molecule has 25 heavy (non-hydrogen) atoms. The van der Waals surface area contributed by atoms with Gasteiger partial charge in [-0.15, -0.1) is 0 Å². The van der Waals surface area contributed by atoms with Crippen LogP contribution in [0, 0.1) is 6.07 Å². The van der Waals surface area contributed by atoms with Crippen LogP contribution in [0.4, 0.5) is 30.6 Å². The molecule has 0 aliphatic carbocycles. The van der Waals surface area contributed by atoms with Crippen LogP contribution in [0.1, 0.15) is 5.56 Å². The summed E-state index contributed by atoms with van der Waals surface area (Å²) in [5.74, 6) is 1.05. The number of anilines is 3. The van der Waals surface area contributed by atoms with Gasteiger partial charge in [0.1, 0.15) is 11.5 Å². The number of H-pyrrole nitrogens is 1. The molecule has 1 aromatic carbocycles. The molecule has 0 spiro atoms. The summed E-state index contributed by atoms with van der Waals surface area (Å²) < 4.78 is 49.9. The van der Waals surface area contributed by atoms with Gasteiger partial charge in [-0.3, -0.25) is 0 Å². The number of rotatable bonds is 3. The van der Waals surface area contributed by atoms with E-state index in [1.165, 1.54) is 7.05 Å². The maximum atomic E-state index is 13.1. The van der Waals surface area contributed by atoms with Crippen LogP contribution < -0.4 is 20.1 Å². The first-order chi connectivity index (χ1) is 12.0. The minimum atomic E-state index is -4.51. The van der Waals surface area contributed by atoms with Crippen molar-refractivity contribution in [2.75, 3.05) is 24.5 Å². The minimum Gasteiger partial charge on any atom is -0.453 e. The third kappa shape index (κ3) is 2.55. The predicted molar refractivity (Wildman–Crippen MR) is 83.1 cm³/mol. The molecule has 0 amide bonds. The summed E-state index contributed by atoms with van der Waals surface area (Å²) in [7, 11) is 1.49. The van der Waals surface area contributed by atoms with Gasteiger partial charge in [-0.05, 0) is 12.1 Å². The van der Waals surface area contributed by atoms with E-state index in [-0.39, 0.29) is 29.6 Å². The molecule has 0 atom stereocenters. The second kappa shape index (κ2) is 5.43. The molecule has 0 saturated heterocycles. The average Bonchev–Trinajstić information content (AvgIpc) is 3.20. The largest absolute Gasteiger partial charge is 0.453 e. The molecule has 129 valence electrons. The predicted octanol–water partition coefficient (Wildman–Crippen LogP) is 3.29. The topological polar surface area (TPSA) is 84.1 Å². The van der Waals surface area contributed by atoms with E-state index in [1.807, 2.05) is 0 Å². The molecule has 0 bridgehead atoms. The molecule has 3 heterocycles. The molecule has 0 fully saturated rings. The Morgan fingerprint density at radius 2 is 2.12 bits per heavy atom. The zero-order valence-electron chi connectivity index (χ0n) is 12.8. The van der Waals surface area contributed by atoms with E-state index in [4.69, 9.17) is 9.47 Å². The van der Waals surface area contributed by atoms with E-state index in [1.54, 1.807) is 12.1 Å². The molecular weight excluding hydrogens is 339 g/mol. The molecule has 1 aliphatic rings. The van der Waals surface area contributed by atoms with E-state index >= 15 is 0 Å². The highest BCUT2D eigenvalue weighted by Gasteiger charge is 2.35. The third-order valence-electron chi connectivity index (χ3n) is 3.64. The smallest absolute Gasteiger partial charge is 0.418 e. The second-order valence-corrected chi connectivity index (χ2v) is 5.15. The highest BCUT2D eigenvalue weighted by Crippen LogP contribution is 2.41. The van der Waals surface area contributed by atoms with Crippen molar-refractivity contribution in [1.82, 2.24) is 15.0 Å². The number of nitrogens with zero attached hydrogens (tertiary/aromatic N) is 2. The van der Waals surface area contributed by atoms with E-state index in [9.17, 15) is 13.2 Å². The maximum absolute atomic E-state index is 13.1. The Labute approximate surface area is 139 Å². The fourth-order valence-electron chi connectivity index (χ4n) is 2.57. The zero-order valence-corrected chi connectivity index (χ0v) is 12.8. The van der Waals surface area contributed by atoms with E-state index < -0.39 is 11.7 Å². The number of hydrogen-bond donors (Lipinski definition) is 3. The molecule has 10 heteroatoms. The Morgan fingerprint density at radius 1 is 1.28 bits per heavy atom. The Bertz CT molecular complexity index is 954. The van der Waals surface area contributed by atoms with Gasteiger partial charge in [-0.1, -0.05) is 0 Å². The van der Waals surface area contributed by atoms with Gasteiger partial charge in [0.05, 0.1) is 16.6 Å². The number of nitrogens with one attached hydrogen (secondary N) is 3. The Balaban J connectivity index is 1.78. The molecule has 7 nitrogen and oxygen atoms in total. The normalized spacial score (nSPS) is 13.3. The lowest BCUT2D eigenvalue weighted by atomic mass is 10.2. The van der Waals surface area contributed by atoms with Crippen LogP contribution in [0.5, 0.6) is 11.5 Å². The second-order valence-electron chi connectivity index (χ2n) is 5.15. The average molecular weight is 350 g/mol. The standard InChI is InChI=1S/C15H11F3N5O2/c1-19-12-10-7(15(16,17)18)5-20-13(10)23-14(22-12)21-8-3-2-4-9-11(8)25-6-24-9/h2-3,5H,6H2,1H3,(H3,19,20,21,22,23). The van der Waals surface area contributed by atoms with E-state index in [0.29, 0.717) is 17.2 Å². The highest BCUT2D eigenvalue weighted by molar-refractivity contribution is 5.92. The first kappa shape index (κ1) is 15.4. The van der Waals surface area contributed by atoms with Gasteiger partial charge in [-0.25, -0.2) is 0 Å². The SMILES string of the molecule is CNc1nc(Nc2cc[c]c3c2OCO3)nc2[nH]cc(C(F)(F)F)c12. The molecule has 3 N–H and O–H groups in total. The number of aromatic amines is 1. The summed E-state index contributed by atoms with van der Waals surface area (Å²) in [5.41, 5.74) is -0.244. The molecule has 2 aromatic heterocycles. The van der Waals surface area contributed by atoms with Crippen LogP contribution in [-0.2, 0) is 6.18 Å². The van der Waals surface area contributed by atoms with Crippen molar-refractivity contribution in [2.24, 2.45) is 0 Å². The van der Waals surface area contributed by atoms with Crippen molar-refractivity contribution in [3.63, 3.8) is 0 Å². The van der Waals surface area contributed by atoms with Gasteiger partial charge in [0.2, 0.25) is 12.7 Å². The minimum absolute atomic E-state index is 0.0531. The van der Waals surface area contributed by atoms with Gasteiger partial charge in [0.15, 0.2) is 11.5 Å². The number of ether oxygens (including phenoxy) is 2. The number of aromatic nitrogens is 3. The molecule has 0 saturated carbocycles. The number of hydrogen-bond acceptors (Lipinski definition) is 6. The van der Waals surface area contributed by atoms with Gasteiger partial charge in [0, 0.05) is 19.3 Å². The maximum Gasteiger partial charge on any atom is 0.418 e. The zero-order chi connectivity index (χ0) is 17.6. The van der Waals surface area contributed by atoms with Crippen molar-refractivity contribution < 1.29 is 22.6 Å². The van der Waals surface area contributed by atoms with E-state index in [0.717, 1.165) is 6.20 Å². The fraction of sp³-hybridized carbons (Fsp3) is 0.200. The molecule has 3 aromatic rings. The summed E-state index contributed by atoms with van der Waals surface area (Å²) in [4.78, 5) is 10.8. The molecule has 1 radical (unpaired) electrons. The van der Waals surface area contributed by atoms with Crippen molar-refractivity contribution >= 4 is 28.5 Å². The van der Waals surface area contributed by atoms with Gasteiger partial charge >= 0.3 is 6.18 Å². The van der Waals surface area contributed by atoms with Crippen molar-refractivity contribution in [3.8, 4) is 11.5 Å². The van der Waals surface area contributed by atoms with E-state index in [2.05, 4.69) is 31.7 Å². The number of benzene rings is 1.